The largest absolute Gasteiger partial charge is 0.481 e. The first-order valence-electron chi connectivity index (χ1n) is 5.87. The van der Waals surface area contributed by atoms with Crippen molar-refractivity contribution in [1.82, 2.24) is 0 Å². The van der Waals surface area contributed by atoms with Gasteiger partial charge >= 0.3 is 5.97 Å². The third kappa shape index (κ3) is 1.67. The molecular weight excluding hydrogens is 176 g/mol. The maximum Gasteiger partial charge on any atom is 0.303 e. The third-order valence-electron chi connectivity index (χ3n) is 4.50. The summed E-state index contributed by atoms with van der Waals surface area (Å²) in [7, 11) is 0. The molecule has 0 radical (unpaired) electrons. The lowest BCUT2D eigenvalue weighted by Gasteiger charge is -2.50. The summed E-state index contributed by atoms with van der Waals surface area (Å²) in [6, 6.07) is 0. The van der Waals surface area contributed by atoms with Gasteiger partial charge in [-0.1, -0.05) is 13.3 Å². The van der Waals surface area contributed by atoms with Crippen LogP contribution in [0.5, 0.6) is 0 Å². The molecule has 80 valence electrons. The van der Waals surface area contributed by atoms with Crippen LogP contribution in [0.25, 0.3) is 0 Å². The van der Waals surface area contributed by atoms with Gasteiger partial charge in [-0.15, -0.1) is 0 Å². The molecule has 14 heavy (non-hydrogen) atoms. The summed E-state index contributed by atoms with van der Waals surface area (Å²) in [6.07, 6.45) is 7.74. The van der Waals surface area contributed by atoms with E-state index in [1.807, 2.05) is 0 Å². The van der Waals surface area contributed by atoms with E-state index in [9.17, 15) is 4.79 Å². The van der Waals surface area contributed by atoms with Crippen molar-refractivity contribution in [3.05, 3.63) is 0 Å². The molecule has 0 aromatic rings. The lowest BCUT2D eigenvalue weighted by molar-refractivity contribution is -0.142. The second-order valence-electron chi connectivity index (χ2n) is 5.28. The molecule has 1 atom stereocenters. The Balaban J connectivity index is 2.08. The van der Waals surface area contributed by atoms with Gasteiger partial charge in [-0.25, -0.2) is 0 Å². The summed E-state index contributed by atoms with van der Waals surface area (Å²) in [6.45, 7) is 2.25. The highest BCUT2D eigenvalue weighted by Gasteiger charge is 2.45. The van der Waals surface area contributed by atoms with Crippen molar-refractivity contribution in [2.45, 2.75) is 51.9 Å². The summed E-state index contributed by atoms with van der Waals surface area (Å²) in [5.41, 5.74) is 0.182. The van der Waals surface area contributed by atoms with Crippen LogP contribution in [-0.4, -0.2) is 11.1 Å². The fourth-order valence-corrected chi connectivity index (χ4v) is 3.70. The molecule has 0 aliphatic heterocycles. The topological polar surface area (TPSA) is 37.3 Å². The molecule has 1 N–H and O–H groups in total. The molecule has 0 saturated heterocycles. The maximum atomic E-state index is 10.8. The van der Waals surface area contributed by atoms with Crippen LogP contribution < -0.4 is 0 Å². The van der Waals surface area contributed by atoms with E-state index >= 15 is 0 Å². The molecule has 1 unspecified atom stereocenters. The fourth-order valence-electron chi connectivity index (χ4n) is 3.70. The molecule has 0 aromatic heterocycles. The first-order chi connectivity index (χ1) is 6.65. The Labute approximate surface area is 85.7 Å². The van der Waals surface area contributed by atoms with E-state index in [0.717, 1.165) is 11.8 Å². The van der Waals surface area contributed by atoms with Crippen molar-refractivity contribution in [3.63, 3.8) is 0 Å². The Hall–Kier alpha value is -0.530. The molecule has 3 saturated carbocycles. The van der Waals surface area contributed by atoms with Gasteiger partial charge in [0.1, 0.15) is 0 Å². The minimum Gasteiger partial charge on any atom is -0.481 e. The first-order valence-corrected chi connectivity index (χ1v) is 5.87. The van der Waals surface area contributed by atoms with Crippen LogP contribution in [0.15, 0.2) is 0 Å². The minimum absolute atomic E-state index is 0.182. The number of rotatable bonds is 3. The van der Waals surface area contributed by atoms with Gasteiger partial charge in [0, 0.05) is 0 Å². The van der Waals surface area contributed by atoms with E-state index in [-0.39, 0.29) is 5.41 Å². The number of carboxylic acids is 1. The lowest BCUT2D eigenvalue weighted by Crippen LogP contribution is -2.41. The number of fused-ring (bicyclic) bond motifs is 3. The highest BCUT2D eigenvalue weighted by atomic mass is 16.4. The average molecular weight is 196 g/mol. The highest BCUT2D eigenvalue weighted by Crippen LogP contribution is 2.55. The van der Waals surface area contributed by atoms with Crippen molar-refractivity contribution in [1.29, 1.82) is 0 Å². The number of hydrogen-bond donors (Lipinski definition) is 1. The molecule has 0 aromatic carbocycles. The van der Waals surface area contributed by atoms with Crippen molar-refractivity contribution in [2.24, 2.45) is 17.3 Å². The second kappa shape index (κ2) is 3.56. The third-order valence-corrected chi connectivity index (χ3v) is 4.50. The zero-order valence-corrected chi connectivity index (χ0v) is 8.96. The number of hydrogen-bond acceptors (Lipinski definition) is 1. The van der Waals surface area contributed by atoms with Gasteiger partial charge in [-0.05, 0) is 49.4 Å². The standard InChI is InChI=1S/C12H20O2/c1-2-9-7-12(8-11(13)14)5-3-10(9)4-6-12/h9-10H,2-8H2,1H3,(H,13,14). The van der Waals surface area contributed by atoms with Gasteiger partial charge in [-0.2, -0.15) is 0 Å². The Morgan fingerprint density at radius 1 is 1.43 bits per heavy atom. The minimum atomic E-state index is -0.597. The highest BCUT2D eigenvalue weighted by molar-refractivity contribution is 5.67. The summed E-state index contributed by atoms with van der Waals surface area (Å²) < 4.78 is 0. The van der Waals surface area contributed by atoms with Gasteiger partial charge in [0.2, 0.25) is 0 Å². The SMILES string of the molecule is CCC1CC2(CC(=O)O)CCC1CC2. The van der Waals surface area contributed by atoms with Crippen LogP contribution in [0, 0.1) is 17.3 Å². The summed E-state index contributed by atoms with van der Waals surface area (Å²) in [5, 5.41) is 8.94. The lowest BCUT2D eigenvalue weighted by atomic mass is 9.55. The van der Waals surface area contributed by atoms with Crippen molar-refractivity contribution >= 4 is 5.97 Å². The fraction of sp³-hybridized carbons (Fsp3) is 0.917. The summed E-state index contributed by atoms with van der Waals surface area (Å²) in [4.78, 5) is 10.8. The quantitative estimate of drug-likeness (QED) is 0.753. The van der Waals surface area contributed by atoms with Crippen LogP contribution in [0.1, 0.15) is 51.9 Å². The maximum absolute atomic E-state index is 10.8. The van der Waals surface area contributed by atoms with Gasteiger partial charge in [0.05, 0.1) is 6.42 Å². The van der Waals surface area contributed by atoms with Crippen LogP contribution in [0.2, 0.25) is 0 Å². The van der Waals surface area contributed by atoms with E-state index in [2.05, 4.69) is 6.92 Å². The Morgan fingerprint density at radius 3 is 2.57 bits per heavy atom. The van der Waals surface area contributed by atoms with Gasteiger partial charge in [-0.3, -0.25) is 4.79 Å². The average Bonchev–Trinajstić information content (AvgIpc) is 2.17. The molecule has 3 rings (SSSR count). The molecule has 2 bridgehead atoms. The number of carboxylic acid groups (broad SMARTS) is 1. The Kier molecular flexibility index (Phi) is 2.54. The van der Waals surface area contributed by atoms with Crippen molar-refractivity contribution < 1.29 is 9.90 Å². The van der Waals surface area contributed by atoms with Gasteiger partial charge in [0.15, 0.2) is 0 Å². The van der Waals surface area contributed by atoms with E-state index in [0.29, 0.717) is 6.42 Å². The predicted molar refractivity (Wildman–Crippen MR) is 55.0 cm³/mol. The zero-order valence-electron chi connectivity index (χ0n) is 8.96. The molecule has 2 heteroatoms. The van der Waals surface area contributed by atoms with Crippen molar-refractivity contribution in [3.8, 4) is 0 Å². The van der Waals surface area contributed by atoms with Crippen molar-refractivity contribution in [2.75, 3.05) is 0 Å². The number of aliphatic carboxylic acids is 1. The van der Waals surface area contributed by atoms with Gasteiger partial charge < -0.3 is 5.11 Å². The van der Waals surface area contributed by atoms with E-state index in [4.69, 9.17) is 5.11 Å². The van der Waals surface area contributed by atoms with Crippen LogP contribution in [0.4, 0.5) is 0 Å². The van der Waals surface area contributed by atoms with Crippen LogP contribution in [0.3, 0.4) is 0 Å². The molecule has 0 heterocycles. The number of carbonyl (C=O) groups is 1. The first kappa shape index (κ1) is 10.0. The monoisotopic (exact) mass is 196 g/mol. The predicted octanol–water partition coefficient (Wildman–Crippen LogP) is 3.07. The normalized spacial score (nSPS) is 41.2. The summed E-state index contributed by atoms with van der Waals surface area (Å²) >= 11 is 0. The molecule has 3 aliphatic carbocycles. The molecule has 0 amide bonds. The Bertz CT molecular complexity index is 226. The van der Waals surface area contributed by atoms with E-state index < -0.39 is 5.97 Å². The van der Waals surface area contributed by atoms with Crippen LogP contribution in [-0.2, 0) is 4.79 Å². The smallest absolute Gasteiger partial charge is 0.303 e. The molecule has 3 aliphatic rings. The molecule has 0 spiro atoms. The molecule has 2 nitrogen and oxygen atoms in total. The Morgan fingerprint density at radius 2 is 2.07 bits per heavy atom. The van der Waals surface area contributed by atoms with E-state index in [1.54, 1.807) is 0 Å². The molecule has 3 fully saturated rings. The summed E-state index contributed by atoms with van der Waals surface area (Å²) in [5.74, 6) is 1.13. The van der Waals surface area contributed by atoms with Crippen LogP contribution >= 0.6 is 0 Å². The van der Waals surface area contributed by atoms with Gasteiger partial charge in [0.25, 0.3) is 0 Å². The van der Waals surface area contributed by atoms with E-state index in [1.165, 1.54) is 38.5 Å². The zero-order chi connectivity index (χ0) is 10.2. The molecular formula is C12H20O2. The second-order valence-corrected chi connectivity index (χ2v) is 5.28.